The first-order valence-corrected chi connectivity index (χ1v) is 6.69. The molecule has 0 saturated carbocycles. The molecule has 1 aliphatic heterocycles. The van der Waals surface area contributed by atoms with E-state index in [-0.39, 0.29) is 5.91 Å². The van der Waals surface area contributed by atoms with Gasteiger partial charge in [0.2, 0.25) is 0 Å². The predicted octanol–water partition coefficient (Wildman–Crippen LogP) is 1.93. The van der Waals surface area contributed by atoms with Gasteiger partial charge in [-0.1, -0.05) is 29.8 Å². The summed E-state index contributed by atoms with van der Waals surface area (Å²) in [5.74, 6) is -0.0859. The van der Waals surface area contributed by atoms with E-state index in [4.69, 9.17) is 11.6 Å². The number of nitrogens with one attached hydrogen (secondary N) is 1. The molecule has 1 saturated heterocycles. The van der Waals surface area contributed by atoms with E-state index in [0.29, 0.717) is 23.8 Å². The fourth-order valence-electron chi connectivity index (χ4n) is 2.26. The van der Waals surface area contributed by atoms with Crippen LogP contribution in [0, 0.1) is 0 Å². The molecule has 1 fully saturated rings. The molecule has 1 aromatic carbocycles. The lowest BCUT2D eigenvalue weighted by Gasteiger charge is -2.27. The van der Waals surface area contributed by atoms with Crippen LogP contribution in [0.5, 0.6) is 0 Å². The number of hydrogen-bond donors (Lipinski definition) is 1. The summed E-state index contributed by atoms with van der Waals surface area (Å²) in [5.41, 5.74) is 1.15. The number of rotatable bonds is 1. The van der Waals surface area contributed by atoms with Gasteiger partial charge >= 0.3 is 0 Å². The Morgan fingerprint density at radius 1 is 1.26 bits per heavy atom. The average Bonchev–Trinajstić information content (AvgIpc) is 2.47. The third kappa shape index (κ3) is 2.41. The Hall–Kier alpha value is -1.65. The number of aromatic nitrogens is 1. The van der Waals surface area contributed by atoms with Crippen molar-refractivity contribution in [1.29, 1.82) is 0 Å². The number of fused-ring (bicyclic) bond motifs is 1. The maximum absolute atomic E-state index is 12.4. The highest BCUT2D eigenvalue weighted by Crippen LogP contribution is 2.22. The van der Waals surface area contributed by atoms with E-state index >= 15 is 0 Å². The minimum Gasteiger partial charge on any atom is -0.335 e. The van der Waals surface area contributed by atoms with Gasteiger partial charge in [-0.3, -0.25) is 4.79 Å². The van der Waals surface area contributed by atoms with E-state index in [1.165, 1.54) is 0 Å². The van der Waals surface area contributed by atoms with Crippen molar-refractivity contribution in [2.45, 2.75) is 0 Å². The molecule has 0 aliphatic carbocycles. The Morgan fingerprint density at radius 2 is 2.00 bits per heavy atom. The van der Waals surface area contributed by atoms with Crippen molar-refractivity contribution >= 4 is 28.4 Å². The summed E-state index contributed by atoms with van der Waals surface area (Å²) in [6, 6.07) is 9.47. The lowest BCUT2D eigenvalue weighted by atomic mass is 10.2. The van der Waals surface area contributed by atoms with E-state index in [1.807, 2.05) is 24.3 Å². The largest absolute Gasteiger partial charge is 0.335 e. The lowest BCUT2D eigenvalue weighted by Crippen LogP contribution is -2.46. The summed E-state index contributed by atoms with van der Waals surface area (Å²) >= 11 is 6.19. The normalized spacial score (nSPS) is 15.7. The molecule has 0 atom stereocenters. The van der Waals surface area contributed by atoms with Crippen LogP contribution in [0.1, 0.15) is 10.5 Å². The molecule has 5 heteroatoms. The topological polar surface area (TPSA) is 45.2 Å². The van der Waals surface area contributed by atoms with Crippen molar-refractivity contribution < 1.29 is 4.79 Å². The quantitative estimate of drug-likeness (QED) is 0.865. The van der Waals surface area contributed by atoms with Crippen molar-refractivity contribution in [2.75, 3.05) is 26.2 Å². The molecule has 2 heterocycles. The zero-order chi connectivity index (χ0) is 13.2. The zero-order valence-corrected chi connectivity index (χ0v) is 11.2. The van der Waals surface area contributed by atoms with Gasteiger partial charge in [0.15, 0.2) is 0 Å². The van der Waals surface area contributed by atoms with Gasteiger partial charge < -0.3 is 10.2 Å². The number of carbonyl (C=O) groups is 1. The van der Waals surface area contributed by atoms with Crippen LogP contribution in [-0.2, 0) is 0 Å². The van der Waals surface area contributed by atoms with E-state index in [2.05, 4.69) is 10.3 Å². The van der Waals surface area contributed by atoms with Gasteiger partial charge in [0.25, 0.3) is 5.91 Å². The SMILES string of the molecule is O=C(c1nc2ccccc2cc1Cl)N1CCNCC1. The van der Waals surface area contributed by atoms with Gasteiger partial charge in [-0.15, -0.1) is 0 Å². The highest BCUT2D eigenvalue weighted by Gasteiger charge is 2.21. The van der Waals surface area contributed by atoms with Gasteiger partial charge in [0.05, 0.1) is 10.5 Å². The van der Waals surface area contributed by atoms with Crippen LogP contribution in [0.4, 0.5) is 0 Å². The summed E-state index contributed by atoms with van der Waals surface area (Å²) in [7, 11) is 0. The zero-order valence-electron chi connectivity index (χ0n) is 10.4. The number of nitrogens with zero attached hydrogens (tertiary/aromatic N) is 2. The molecule has 1 aromatic heterocycles. The molecule has 2 aromatic rings. The lowest BCUT2D eigenvalue weighted by molar-refractivity contribution is 0.0730. The number of amides is 1. The molecule has 98 valence electrons. The molecule has 0 radical (unpaired) electrons. The van der Waals surface area contributed by atoms with Crippen LogP contribution in [0.2, 0.25) is 5.02 Å². The third-order valence-electron chi connectivity index (χ3n) is 3.28. The van der Waals surface area contributed by atoms with E-state index < -0.39 is 0 Å². The first kappa shape index (κ1) is 12.4. The summed E-state index contributed by atoms with van der Waals surface area (Å²) in [6.45, 7) is 3.03. The number of carbonyl (C=O) groups excluding carboxylic acids is 1. The Kier molecular flexibility index (Phi) is 3.36. The monoisotopic (exact) mass is 275 g/mol. The molecule has 19 heavy (non-hydrogen) atoms. The second-order valence-electron chi connectivity index (χ2n) is 4.55. The van der Waals surface area contributed by atoms with Crippen molar-refractivity contribution in [1.82, 2.24) is 15.2 Å². The minimum atomic E-state index is -0.0859. The maximum Gasteiger partial charge on any atom is 0.274 e. The highest BCUT2D eigenvalue weighted by molar-refractivity contribution is 6.34. The molecule has 1 amide bonds. The van der Waals surface area contributed by atoms with Crippen LogP contribution >= 0.6 is 11.6 Å². The van der Waals surface area contributed by atoms with Crippen LogP contribution < -0.4 is 5.32 Å². The van der Waals surface area contributed by atoms with E-state index in [1.54, 1.807) is 11.0 Å². The molecule has 0 bridgehead atoms. The van der Waals surface area contributed by atoms with Crippen molar-refractivity contribution in [2.24, 2.45) is 0 Å². The van der Waals surface area contributed by atoms with Crippen molar-refractivity contribution in [3.63, 3.8) is 0 Å². The standard InChI is InChI=1S/C14H14ClN3O/c15-11-9-10-3-1-2-4-12(10)17-13(11)14(19)18-7-5-16-6-8-18/h1-4,9,16H,5-8H2. The van der Waals surface area contributed by atoms with E-state index in [0.717, 1.165) is 24.0 Å². The smallest absolute Gasteiger partial charge is 0.274 e. The molecular formula is C14H14ClN3O. The number of hydrogen-bond acceptors (Lipinski definition) is 3. The minimum absolute atomic E-state index is 0.0859. The first-order chi connectivity index (χ1) is 9.25. The number of pyridine rings is 1. The van der Waals surface area contributed by atoms with Crippen LogP contribution in [0.15, 0.2) is 30.3 Å². The highest BCUT2D eigenvalue weighted by atomic mass is 35.5. The van der Waals surface area contributed by atoms with Gasteiger partial charge in [-0.2, -0.15) is 0 Å². The number of piperazine rings is 1. The molecule has 3 rings (SSSR count). The van der Waals surface area contributed by atoms with Crippen LogP contribution in [-0.4, -0.2) is 42.0 Å². The molecule has 1 aliphatic rings. The second-order valence-corrected chi connectivity index (χ2v) is 4.96. The third-order valence-corrected chi connectivity index (χ3v) is 3.57. The number of benzene rings is 1. The van der Waals surface area contributed by atoms with Gasteiger partial charge in [-0.25, -0.2) is 4.98 Å². The summed E-state index contributed by atoms with van der Waals surface area (Å²) in [4.78, 5) is 18.6. The van der Waals surface area contributed by atoms with Crippen molar-refractivity contribution in [3.05, 3.63) is 41.0 Å². The fourth-order valence-corrected chi connectivity index (χ4v) is 2.50. The van der Waals surface area contributed by atoms with Gasteiger partial charge in [-0.05, 0) is 12.1 Å². The molecule has 0 spiro atoms. The van der Waals surface area contributed by atoms with Crippen LogP contribution in [0.25, 0.3) is 10.9 Å². The molecule has 4 nitrogen and oxygen atoms in total. The Labute approximate surface area is 116 Å². The summed E-state index contributed by atoms with van der Waals surface area (Å²) in [5, 5.41) is 4.59. The molecule has 0 unspecified atom stereocenters. The van der Waals surface area contributed by atoms with Gasteiger partial charge in [0, 0.05) is 31.6 Å². The van der Waals surface area contributed by atoms with Crippen molar-refractivity contribution in [3.8, 4) is 0 Å². The molecule has 1 N–H and O–H groups in total. The summed E-state index contributed by atoms with van der Waals surface area (Å²) < 4.78 is 0. The maximum atomic E-state index is 12.4. The predicted molar refractivity (Wildman–Crippen MR) is 75.5 cm³/mol. The molecular weight excluding hydrogens is 262 g/mol. The number of para-hydroxylation sites is 1. The summed E-state index contributed by atoms with van der Waals surface area (Å²) in [6.07, 6.45) is 0. The van der Waals surface area contributed by atoms with Crippen LogP contribution in [0.3, 0.4) is 0 Å². The number of halogens is 1. The Bertz CT molecular complexity index is 623. The Balaban J connectivity index is 1.99. The second kappa shape index (κ2) is 5.15. The van der Waals surface area contributed by atoms with Gasteiger partial charge in [0.1, 0.15) is 5.69 Å². The fraction of sp³-hybridized carbons (Fsp3) is 0.286. The average molecular weight is 276 g/mol. The van der Waals surface area contributed by atoms with E-state index in [9.17, 15) is 4.79 Å². The first-order valence-electron chi connectivity index (χ1n) is 6.31. The Morgan fingerprint density at radius 3 is 2.79 bits per heavy atom.